The normalized spacial score (nSPS) is 13.9. The van der Waals surface area contributed by atoms with Gasteiger partial charge in [0, 0.05) is 6.42 Å². The van der Waals surface area contributed by atoms with Crippen molar-refractivity contribution < 1.29 is 22.4 Å². The Hall–Kier alpha value is -2.18. The van der Waals surface area contributed by atoms with Gasteiger partial charge in [0.25, 0.3) is 8.32 Å². The van der Waals surface area contributed by atoms with Gasteiger partial charge in [-0.2, -0.15) is 13.2 Å². The molecule has 0 fully saturated rings. The lowest BCUT2D eigenvalue weighted by Crippen LogP contribution is -2.67. The van der Waals surface area contributed by atoms with E-state index in [0.29, 0.717) is 19.3 Å². The number of allylic oxidation sites excluding steroid dienone is 1. The number of benzene rings is 2. The van der Waals surface area contributed by atoms with Crippen molar-refractivity contribution in [2.24, 2.45) is 0 Å². The van der Waals surface area contributed by atoms with Gasteiger partial charge in [0.15, 0.2) is 0 Å². The maximum atomic E-state index is 12.2. The van der Waals surface area contributed by atoms with E-state index < -0.39 is 27.0 Å². The molecule has 2 rings (SSSR count). The van der Waals surface area contributed by atoms with Crippen molar-refractivity contribution in [3.8, 4) is 0 Å². The van der Waals surface area contributed by atoms with Crippen molar-refractivity contribution in [1.29, 1.82) is 0 Å². The molecule has 0 N–H and O–H groups in total. The zero-order valence-corrected chi connectivity index (χ0v) is 20.1. The molecule has 0 radical (unpaired) electrons. The first-order chi connectivity index (χ1) is 15.1. The lowest BCUT2D eigenvalue weighted by atomic mass is 10.1. The van der Waals surface area contributed by atoms with Gasteiger partial charge in [-0.1, -0.05) is 93.6 Å². The Morgan fingerprint density at radius 2 is 1.41 bits per heavy atom. The number of aldehydes is 1. The summed E-state index contributed by atoms with van der Waals surface area (Å²) in [5.74, 6) is 0. The monoisotopic (exact) mass is 462 g/mol. The number of carbonyl (C=O) groups excluding carboxylic acids is 1. The molecule has 0 saturated heterocycles. The molecule has 2 aromatic carbocycles. The van der Waals surface area contributed by atoms with E-state index in [1.54, 1.807) is 0 Å². The number of unbranched alkanes of at least 4 members (excludes halogenated alkanes) is 2. The van der Waals surface area contributed by atoms with Crippen LogP contribution in [0.5, 0.6) is 0 Å². The van der Waals surface area contributed by atoms with E-state index in [4.69, 9.17) is 4.43 Å². The highest BCUT2D eigenvalue weighted by Gasteiger charge is 2.51. The first-order valence-corrected chi connectivity index (χ1v) is 13.0. The zero-order chi connectivity index (χ0) is 23.7. The molecule has 2 aromatic rings. The van der Waals surface area contributed by atoms with Gasteiger partial charge in [0.2, 0.25) is 0 Å². The first kappa shape index (κ1) is 26.1. The van der Waals surface area contributed by atoms with E-state index in [1.165, 1.54) is 0 Å². The Morgan fingerprint density at radius 3 is 1.84 bits per heavy atom. The van der Waals surface area contributed by atoms with Crippen LogP contribution < -0.4 is 10.4 Å². The van der Waals surface area contributed by atoms with Crippen LogP contribution in [0.25, 0.3) is 0 Å². The van der Waals surface area contributed by atoms with Gasteiger partial charge in [-0.25, -0.2) is 0 Å². The maximum absolute atomic E-state index is 12.2. The Kier molecular flexibility index (Phi) is 9.46. The second-order valence-electron chi connectivity index (χ2n) is 9.02. The molecule has 6 heteroatoms. The summed E-state index contributed by atoms with van der Waals surface area (Å²) in [5, 5.41) is 1.96. The van der Waals surface area contributed by atoms with Gasteiger partial charge in [-0.3, -0.25) is 0 Å². The largest absolute Gasteiger partial charge is 0.397 e. The van der Waals surface area contributed by atoms with Crippen LogP contribution in [0.15, 0.2) is 72.8 Å². The second kappa shape index (κ2) is 11.6. The highest BCUT2D eigenvalue weighted by molar-refractivity contribution is 6.99. The van der Waals surface area contributed by atoms with Gasteiger partial charge < -0.3 is 9.22 Å². The number of halogens is 3. The lowest BCUT2D eigenvalue weighted by Gasteiger charge is -2.44. The molecule has 32 heavy (non-hydrogen) atoms. The van der Waals surface area contributed by atoms with E-state index in [0.717, 1.165) is 16.7 Å². The van der Waals surface area contributed by atoms with Crippen LogP contribution in [0.3, 0.4) is 0 Å². The third-order valence-corrected chi connectivity index (χ3v) is 10.6. The standard InChI is InChI=1S/C26H33F3O2Si/c1-25(2,3)32(23-16-10-7-11-17-23,24-18-12-8-13-19-24)31-22(21-30)15-9-5-4-6-14-20-26(27,28)29/h5,7-13,16-19,21-22H,4,6,14-15,20H2,1-3H3/b9-5-/t22-/m1/s1. The molecule has 2 nitrogen and oxygen atoms in total. The van der Waals surface area contributed by atoms with Crippen LogP contribution in [0.4, 0.5) is 13.2 Å². The van der Waals surface area contributed by atoms with Gasteiger partial charge in [0.05, 0.1) is 0 Å². The summed E-state index contributed by atoms with van der Waals surface area (Å²) >= 11 is 0. The summed E-state index contributed by atoms with van der Waals surface area (Å²) in [6, 6.07) is 20.2. The lowest BCUT2D eigenvalue weighted by molar-refractivity contribution is -0.135. The van der Waals surface area contributed by atoms with E-state index in [-0.39, 0.29) is 11.5 Å². The third kappa shape index (κ3) is 7.17. The molecule has 0 aliphatic rings. The Labute approximate surface area is 190 Å². The van der Waals surface area contributed by atoms with Crippen LogP contribution in [0, 0.1) is 0 Å². The van der Waals surface area contributed by atoms with Crippen LogP contribution in [-0.4, -0.2) is 26.9 Å². The summed E-state index contributed by atoms with van der Waals surface area (Å²) in [5.41, 5.74) is 0. The fourth-order valence-electron chi connectivity index (χ4n) is 3.99. The topological polar surface area (TPSA) is 26.3 Å². The predicted molar refractivity (Wildman–Crippen MR) is 127 cm³/mol. The minimum absolute atomic E-state index is 0.115. The van der Waals surface area contributed by atoms with Crippen LogP contribution in [0.1, 0.15) is 52.9 Å². The molecular weight excluding hydrogens is 429 g/mol. The van der Waals surface area contributed by atoms with Crippen molar-refractivity contribution in [3.05, 3.63) is 72.8 Å². The SMILES string of the molecule is CC(C)(C)[Si](O[C@@H](C=O)C/C=C\CCCCC(F)(F)F)(c1ccccc1)c1ccccc1. The molecule has 0 aliphatic heterocycles. The third-order valence-electron chi connectivity index (χ3n) is 5.51. The minimum Gasteiger partial charge on any atom is -0.397 e. The number of hydrogen-bond acceptors (Lipinski definition) is 2. The molecule has 0 heterocycles. The molecular formula is C26H33F3O2Si. The van der Waals surface area contributed by atoms with Crippen molar-refractivity contribution in [1.82, 2.24) is 0 Å². The number of rotatable bonds is 11. The van der Waals surface area contributed by atoms with Gasteiger partial charge >= 0.3 is 6.18 Å². The smallest absolute Gasteiger partial charge is 0.389 e. The first-order valence-electron chi connectivity index (χ1n) is 11.1. The Bertz CT molecular complexity index is 803. The summed E-state index contributed by atoms with van der Waals surface area (Å²) in [6.45, 7) is 6.45. The highest BCUT2D eigenvalue weighted by atomic mass is 28.4. The van der Waals surface area contributed by atoms with Gasteiger partial charge in [-0.05, 0) is 41.1 Å². The fourth-order valence-corrected chi connectivity index (χ4v) is 8.61. The average molecular weight is 463 g/mol. The fraction of sp³-hybridized carbons (Fsp3) is 0.423. The molecule has 0 unspecified atom stereocenters. The van der Waals surface area contributed by atoms with Crippen LogP contribution in [0.2, 0.25) is 5.04 Å². The Morgan fingerprint density at radius 1 is 0.875 bits per heavy atom. The zero-order valence-electron chi connectivity index (χ0n) is 19.1. The number of hydrogen-bond donors (Lipinski definition) is 0. The van der Waals surface area contributed by atoms with Gasteiger partial charge in [-0.15, -0.1) is 0 Å². The summed E-state index contributed by atoms with van der Waals surface area (Å²) in [6.07, 6.45) is 0.590. The average Bonchev–Trinajstić information content (AvgIpc) is 2.75. The minimum atomic E-state index is -4.10. The van der Waals surface area contributed by atoms with Crippen LogP contribution >= 0.6 is 0 Å². The molecule has 174 valence electrons. The van der Waals surface area contributed by atoms with E-state index in [1.807, 2.05) is 48.6 Å². The summed E-state index contributed by atoms with van der Waals surface area (Å²) in [7, 11) is -2.83. The summed E-state index contributed by atoms with van der Waals surface area (Å²) in [4.78, 5) is 12.0. The second-order valence-corrected chi connectivity index (χ2v) is 13.3. The molecule has 1 atom stereocenters. The van der Waals surface area contributed by atoms with E-state index >= 15 is 0 Å². The summed E-state index contributed by atoms with van der Waals surface area (Å²) < 4.78 is 43.5. The number of alkyl halides is 3. The van der Waals surface area contributed by atoms with Crippen LogP contribution in [-0.2, 0) is 9.22 Å². The quantitative estimate of drug-likeness (QED) is 0.172. The van der Waals surface area contributed by atoms with Gasteiger partial charge in [0.1, 0.15) is 12.4 Å². The molecule has 0 spiro atoms. The van der Waals surface area contributed by atoms with Crippen molar-refractivity contribution >= 4 is 25.0 Å². The van der Waals surface area contributed by atoms with E-state index in [2.05, 4.69) is 45.0 Å². The number of carbonyl (C=O) groups is 1. The molecule has 0 saturated carbocycles. The molecule has 0 bridgehead atoms. The molecule has 0 aromatic heterocycles. The van der Waals surface area contributed by atoms with E-state index in [9.17, 15) is 18.0 Å². The van der Waals surface area contributed by atoms with Crippen molar-refractivity contribution in [3.63, 3.8) is 0 Å². The maximum Gasteiger partial charge on any atom is 0.389 e. The highest BCUT2D eigenvalue weighted by Crippen LogP contribution is 2.37. The molecule has 0 amide bonds. The van der Waals surface area contributed by atoms with Crippen molar-refractivity contribution in [2.45, 2.75) is 70.2 Å². The predicted octanol–water partition coefficient (Wildman–Crippen LogP) is 6.20. The van der Waals surface area contributed by atoms with Crippen molar-refractivity contribution in [2.75, 3.05) is 0 Å². The molecule has 0 aliphatic carbocycles. The Balaban J connectivity index is 2.21.